The summed E-state index contributed by atoms with van der Waals surface area (Å²) in [6, 6.07) is 7.09. The summed E-state index contributed by atoms with van der Waals surface area (Å²) in [6.45, 7) is 7.28. The Balaban J connectivity index is 2.57. The van der Waals surface area contributed by atoms with Crippen molar-refractivity contribution in [1.29, 1.82) is 0 Å². The molecule has 0 aliphatic rings. The van der Waals surface area contributed by atoms with Crippen LogP contribution in [0.4, 0.5) is 4.79 Å². The van der Waals surface area contributed by atoms with Crippen molar-refractivity contribution in [1.82, 2.24) is 5.32 Å². The molecular formula is C17H25NO4. The topological polar surface area (TPSA) is 75.6 Å². The van der Waals surface area contributed by atoms with Crippen LogP contribution in [0.5, 0.6) is 0 Å². The molecule has 122 valence electrons. The number of benzene rings is 1. The first-order valence-electron chi connectivity index (χ1n) is 7.51. The molecule has 1 amide bonds. The standard InChI is InChI=1S/C17H25NO4/c1-5-12-6-8-13(9-7-12)10-11-14(15(19)20)18-16(21)22-17(2,3)4/h6-9,14H,5,10-11H2,1-4H3,(H,18,21)(H,19,20). The van der Waals surface area contributed by atoms with Crippen molar-refractivity contribution in [3.05, 3.63) is 35.4 Å². The summed E-state index contributed by atoms with van der Waals surface area (Å²) in [5, 5.41) is 11.6. The number of aryl methyl sites for hydroxylation is 2. The lowest BCUT2D eigenvalue weighted by Gasteiger charge is -2.22. The van der Waals surface area contributed by atoms with Crippen LogP contribution in [0.3, 0.4) is 0 Å². The fraction of sp³-hybridized carbons (Fsp3) is 0.529. The predicted octanol–water partition coefficient (Wildman–Crippen LogP) is 3.16. The maximum absolute atomic E-state index is 11.7. The highest BCUT2D eigenvalue weighted by atomic mass is 16.6. The number of aliphatic carboxylic acids is 1. The van der Waals surface area contributed by atoms with E-state index < -0.39 is 23.7 Å². The zero-order valence-electron chi connectivity index (χ0n) is 13.7. The molecule has 0 aromatic heterocycles. The van der Waals surface area contributed by atoms with Gasteiger partial charge in [-0.2, -0.15) is 0 Å². The van der Waals surface area contributed by atoms with Gasteiger partial charge in [0, 0.05) is 0 Å². The van der Waals surface area contributed by atoms with Crippen molar-refractivity contribution in [2.45, 2.75) is 58.6 Å². The molecule has 1 rings (SSSR count). The summed E-state index contributed by atoms with van der Waals surface area (Å²) in [4.78, 5) is 22.9. The fourth-order valence-corrected chi connectivity index (χ4v) is 1.96. The third kappa shape index (κ3) is 6.61. The second kappa shape index (κ2) is 7.82. The number of hydrogen-bond donors (Lipinski definition) is 2. The molecule has 2 N–H and O–H groups in total. The van der Waals surface area contributed by atoms with Crippen LogP contribution in [0.25, 0.3) is 0 Å². The zero-order valence-corrected chi connectivity index (χ0v) is 13.7. The molecule has 1 atom stereocenters. The molecule has 0 saturated carbocycles. The van der Waals surface area contributed by atoms with Crippen LogP contribution in [-0.4, -0.2) is 28.8 Å². The van der Waals surface area contributed by atoms with Gasteiger partial charge in [0.2, 0.25) is 0 Å². The van der Waals surface area contributed by atoms with Crippen molar-refractivity contribution in [3.63, 3.8) is 0 Å². The van der Waals surface area contributed by atoms with Crippen LogP contribution in [-0.2, 0) is 22.4 Å². The lowest BCUT2D eigenvalue weighted by atomic mass is 10.0. The largest absolute Gasteiger partial charge is 0.480 e. The SMILES string of the molecule is CCc1ccc(CCC(NC(=O)OC(C)(C)C)C(=O)O)cc1. The number of carbonyl (C=O) groups is 2. The van der Waals surface area contributed by atoms with E-state index in [0.717, 1.165) is 12.0 Å². The van der Waals surface area contributed by atoms with Gasteiger partial charge in [0.15, 0.2) is 0 Å². The van der Waals surface area contributed by atoms with Crippen molar-refractivity contribution in [2.75, 3.05) is 0 Å². The molecule has 0 saturated heterocycles. The van der Waals surface area contributed by atoms with Gasteiger partial charge >= 0.3 is 12.1 Å². The number of carboxylic acid groups (broad SMARTS) is 1. The minimum Gasteiger partial charge on any atom is -0.480 e. The van der Waals surface area contributed by atoms with E-state index in [-0.39, 0.29) is 0 Å². The van der Waals surface area contributed by atoms with Crippen molar-refractivity contribution >= 4 is 12.1 Å². The van der Waals surface area contributed by atoms with Gasteiger partial charge in [0.25, 0.3) is 0 Å². The van der Waals surface area contributed by atoms with E-state index in [2.05, 4.69) is 12.2 Å². The van der Waals surface area contributed by atoms with Crippen LogP contribution in [0.15, 0.2) is 24.3 Å². The van der Waals surface area contributed by atoms with Gasteiger partial charge in [0.05, 0.1) is 0 Å². The minimum absolute atomic E-state index is 0.319. The number of amides is 1. The highest BCUT2D eigenvalue weighted by Crippen LogP contribution is 2.10. The Labute approximate surface area is 131 Å². The molecule has 0 aliphatic heterocycles. The third-order valence-electron chi connectivity index (χ3n) is 3.14. The Bertz CT molecular complexity index is 502. The molecule has 22 heavy (non-hydrogen) atoms. The normalized spacial score (nSPS) is 12.5. The highest BCUT2D eigenvalue weighted by Gasteiger charge is 2.23. The number of alkyl carbamates (subject to hydrolysis) is 1. The van der Waals surface area contributed by atoms with E-state index >= 15 is 0 Å². The van der Waals surface area contributed by atoms with E-state index in [1.165, 1.54) is 5.56 Å². The van der Waals surface area contributed by atoms with E-state index in [0.29, 0.717) is 12.8 Å². The Hall–Kier alpha value is -2.04. The summed E-state index contributed by atoms with van der Waals surface area (Å²) in [5.41, 5.74) is 1.64. The molecule has 0 heterocycles. The monoisotopic (exact) mass is 307 g/mol. The Morgan fingerprint density at radius 3 is 2.18 bits per heavy atom. The summed E-state index contributed by atoms with van der Waals surface area (Å²) in [5.74, 6) is -1.06. The Kier molecular flexibility index (Phi) is 6.40. The lowest BCUT2D eigenvalue weighted by molar-refractivity contribution is -0.139. The quantitative estimate of drug-likeness (QED) is 0.846. The molecule has 5 heteroatoms. The highest BCUT2D eigenvalue weighted by molar-refractivity contribution is 5.80. The first-order valence-corrected chi connectivity index (χ1v) is 7.51. The molecule has 0 bridgehead atoms. The number of carbonyl (C=O) groups excluding carboxylic acids is 1. The average Bonchev–Trinajstić information content (AvgIpc) is 2.41. The maximum Gasteiger partial charge on any atom is 0.408 e. The first kappa shape index (κ1) is 18.0. The van der Waals surface area contributed by atoms with Gasteiger partial charge in [-0.25, -0.2) is 9.59 Å². The molecule has 0 fully saturated rings. The number of rotatable bonds is 6. The maximum atomic E-state index is 11.7. The summed E-state index contributed by atoms with van der Waals surface area (Å²) >= 11 is 0. The third-order valence-corrected chi connectivity index (χ3v) is 3.14. The number of hydrogen-bond acceptors (Lipinski definition) is 3. The fourth-order valence-electron chi connectivity index (χ4n) is 1.96. The molecule has 1 unspecified atom stereocenters. The molecule has 0 radical (unpaired) electrons. The number of carboxylic acids is 1. The Morgan fingerprint density at radius 2 is 1.73 bits per heavy atom. The van der Waals surface area contributed by atoms with Gasteiger partial charge in [-0.05, 0) is 51.2 Å². The van der Waals surface area contributed by atoms with Crippen LogP contribution in [0.1, 0.15) is 45.2 Å². The molecule has 0 aliphatic carbocycles. The number of nitrogens with one attached hydrogen (secondary N) is 1. The zero-order chi connectivity index (χ0) is 16.8. The molecule has 5 nitrogen and oxygen atoms in total. The average molecular weight is 307 g/mol. The second-order valence-electron chi connectivity index (χ2n) is 6.25. The predicted molar refractivity (Wildman–Crippen MR) is 84.9 cm³/mol. The van der Waals surface area contributed by atoms with Crippen molar-refractivity contribution in [2.24, 2.45) is 0 Å². The number of ether oxygens (including phenoxy) is 1. The van der Waals surface area contributed by atoms with Gasteiger partial charge < -0.3 is 15.2 Å². The van der Waals surface area contributed by atoms with Gasteiger partial charge in [-0.3, -0.25) is 0 Å². The first-order chi connectivity index (χ1) is 10.2. The summed E-state index contributed by atoms with van der Waals surface area (Å²) in [6.07, 6.45) is 1.16. The van der Waals surface area contributed by atoms with Gasteiger partial charge in [-0.15, -0.1) is 0 Å². The smallest absolute Gasteiger partial charge is 0.408 e. The molecule has 0 spiro atoms. The van der Waals surface area contributed by atoms with Crippen molar-refractivity contribution in [3.8, 4) is 0 Å². The van der Waals surface area contributed by atoms with Crippen LogP contribution < -0.4 is 5.32 Å². The van der Waals surface area contributed by atoms with E-state index in [1.54, 1.807) is 20.8 Å². The van der Waals surface area contributed by atoms with Crippen molar-refractivity contribution < 1.29 is 19.4 Å². The summed E-state index contributed by atoms with van der Waals surface area (Å²) in [7, 11) is 0. The molecule has 1 aromatic rings. The van der Waals surface area contributed by atoms with E-state index in [1.807, 2.05) is 24.3 Å². The van der Waals surface area contributed by atoms with Crippen LogP contribution in [0, 0.1) is 0 Å². The second-order valence-corrected chi connectivity index (χ2v) is 6.25. The molecule has 1 aromatic carbocycles. The Morgan fingerprint density at radius 1 is 1.18 bits per heavy atom. The lowest BCUT2D eigenvalue weighted by Crippen LogP contribution is -2.43. The van der Waals surface area contributed by atoms with Crippen LogP contribution >= 0.6 is 0 Å². The molecular weight excluding hydrogens is 282 g/mol. The van der Waals surface area contributed by atoms with E-state index in [9.17, 15) is 14.7 Å². The van der Waals surface area contributed by atoms with Crippen LogP contribution in [0.2, 0.25) is 0 Å². The summed E-state index contributed by atoms with van der Waals surface area (Å²) < 4.78 is 5.09. The van der Waals surface area contributed by atoms with Gasteiger partial charge in [0.1, 0.15) is 11.6 Å². The van der Waals surface area contributed by atoms with Gasteiger partial charge in [-0.1, -0.05) is 31.2 Å². The minimum atomic E-state index is -1.06. The van der Waals surface area contributed by atoms with E-state index in [4.69, 9.17) is 4.74 Å².